The number of nitrogens with one attached hydrogen (secondary N) is 2. The number of hydrogen-bond acceptors (Lipinski definition) is 6. The van der Waals surface area contributed by atoms with Crippen LogP contribution in [-0.4, -0.2) is 33.6 Å². The highest BCUT2D eigenvalue weighted by atomic mass is 35.5. The van der Waals surface area contributed by atoms with Gasteiger partial charge in [-0.25, -0.2) is 0 Å². The average Bonchev–Trinajstić information content (AvgIpc) is 3.16. The van der Waals surface area contributed by atoms with Gasteiger partial charge in [0, 0.05) is 11.8 Å². The van der Waals surface area contributed by atoms with Gasteiger partial charge in [-0.3, -0.25) is 4.79 Å². The van der Waals surface area contributed by atoms with E-state index in [9.17, 15) is 4.79 Å². The second-order valence-corrected chi connectivity index (χ2v) is 5.88. The predicted molar refractivity (Wildman–Crippen MR) is 95.9 cm³/mol. The smallest absolute Gasteiger partial charge is 0.259 e. The Kier molecular flexibility index (Phi) is 5.55. The van der Waals surface area contributed by atoms with Crippen molar-refractivity contribution in [1.29, 1.82) is 0 Å². The van der Waals surface area contributed by atoms with Gasteiger partial charge in [-0.1, -0.05) is 28.4 Å². The zero-order chi connectivity index (χ0) is 18.5. The molecule has 0 saturated carbocycles. The molecule has 0 aliphatic rings. The fourth-order valence-electron chi connectivity index (χ4n) is 2.09. The van der Waals surface area contributed by atoms with E-state index in [1.165, 1.54) is 7.11 Å². The van der Waals surface area contributed by atoms with Crippen molar-refractivity contribution in [3.63, 3.8) is 0 Å². The van der Waals surface area contributed by atoms with Crippen LogP contribution in [-0.2, 0) is 6.61 Å². The molecule has 0 bridgehead atoms. The van der Waals surface area contributed by atoms with Crippen molar-refractivity contribution in [2.45, 2.75) is 6.61 Å². The molecule has 8 nitrogen and oxygen atoms in total. The van der Waals surface area contributed by atoms with Gasteiger partial charge in [0.1, 0.15) is 11.5 Å². The molecular weight excluding hydrogens is 381 g/mol. The highest BCUT2D eigenvalue weighted by Crippen LogP contribution is 2.28. The third-order valence-corrected chi connectivity index (χ3v) is 4.10. The second-order valence-electron chi connectivity index (χ2n) is 5.06. The van der Waals surface area contributed by atoms with Crippen molar-refractivity contribution in [3.05, 3.63) is 57.8 Å². The summed E-state index contributed by atoms with van der Waals surface area (Å²) < 4.78 is 10.8. The van der Waals surface area contributed by atoms with E-state index in [1.54, 1.807) is 36.4 Å². The zero-order valence-electron chi connectivity index (χ0n) is 13.5. The predicted octanol–water partition coefficient (Wildman–Crippen LogP) is 3.35. The van der Waals surface area contributed by atoms with E-state index in [0.717, 1.165) is 0 Å². The van der Waals surface area contributed by atoms with Crippen LogP contribution in [0.25, 0.3) is 0 Å². The summed E-state index contributed by atoms with van der Waals surface area (Å²) in [6.45, 7) is 0.0384. The van der Waals surface area contributed by atoms with Crippen LogP contribution in [0.5, 0.6) is 11.5 Å². The molecule has 2 N–H and O–H groups in total. The van der Waals surface area contributed by atoms with E-state index in [2.05, 4.69) is 25.9 Å². The summed E-state index contributed by atoms with van der Waals surface area (Å²) in [5.74, 6) is 0.823. The van der Waals surface area contributed by atoms with Crippen molar-refractivity contribution < 1.29 is 14.3 Å². The molecule has 0 spiro atoms. The van der Waals surface area contributed by atoms with Crippen molar-refractivity contribution in [2.24, 2.45) is 0 Å². The summed E-state index contributed by atoms with van der Waals surface area (Å²) in [4.78, 5) is 12.6. The molecule has 134 valence electrons. The van der Waals surface area contributed by atoms with Crippen molar-refractivity contribution >= 4 is 34.8 Å². The first-order valence-corrected chi connectivity index (χ1v) is 8.12. The van der Waals surface area contributed by atoms with E-state index in [4.69, 9.17) is 32.7 Å². The van der Waals surface area contributed by atoms with Crippen molar-refractivity contribution in [3.8, 4) is 11.5 Å². The van der Waals surface area contributed by atoms with Crippen LogP contribution in [0.15, 0.2) is 36.4 Å². The Bertz CT molecular complexity index is 918. The zero-order valence-corrected chi connectivity index (χ0v) is 15.0. The number of nitrogens with zero attached hydrogens (tertiary/aromatic N) is 3. The molecule has 0 unspecified atom stereocenters. The van der Waals surface area contributed by atoms with Gasteiger partial charge in [0.25, 0.3) is 5.91 Å². The lowest BCUT2D eigenvalue weighted by Gasteiger charge is -2.12. The van der Waals surface area contributed by atoms with Crippen molar-refractivity contribution in [2.75, 3.05) is 12.4 Å². The molecule has 1 heterocycles. The fourth-order valence-corrected chi connectivity index (χ4v) is 2.39. The number of carbonyl (C=O) groups is 1. The number of aromatic nitrogens is 4. The van der Waals surface area contributed by atoms with Gasteiger partial charge in [0.05, 0.1) is 22.7 Å². The number of ether oxygens (including phenoxy) is 2. The molecule has 1 aromatic heterocycles. The Hall–Kier alpha value is -2.84. The lowest BCUT2D eigenvalue weighted by molar-refractivity contribution is 0.102. The van der Waals surface area contributed by atoms with Crippen LogP contribution < -0.4 is 14.8 Å². The van der Waals surface area contributed by atoms with Crippen LogP contribution in [0.2, 0.25) is 10.0 Å². The van der Waals surface area contributed by atoms with Crippen LogP contribution in [0, 0.1) is 0 Å². The molecular formula is C16H13Cl2N5O3. The molecule has 0 atom stereocenters. The molecule has 10 heteroatoms. The molecule has 0 saturated heterocycles. The molecule has 0 aliphatic carbocycles. The largest absolute Gasteiger partial charge is 0.497 e. The summed E-state index contributed by atoms with van der Waals surface area (Å²) in [7, 11) is 1.52. The van der Waals surface area contributed by atoms with Gasteiger partial charge >= 0.3 is 0 Å². The Balaban J connectivity index is 1.82. The molecule has 2 aromatic carbocycles. The summed E-state index contributed by atoms with van der Waals surface area (Å²) in [6.07, 6.45) is 0. The number of tetrazole rings is 1. The first-order valence-electron chi connectivity index (χ1n) is 7.36. The number of benzene rings is 2. The quantitative estimate of drug-likeness (QED) is 0.665. The lowest BCUT2D eigenvalue weighted by Crippen LogP contribution is -2.14. The van der Waals surface area contributed by atoms with E-state index < -0.39 is 0 Å². The normalized spacial score (nSPS) is 10.4. The van der Waals surface area contributed by atoms with E-state index >= 15 is 0 Å². The highest BCUT2D eigenvalue weighted by molar-refractivity contribution is 6.42. The van der Waals surface area contributed by atoms with Gasteiger partial charge in [0.15, 0.2) is 6.61 Å². The van der Waals surface area contributed by atoms with Crippen molar-refractivity contribution in [1.82, 2.24) is 20.6 Å². The molecule has 0 aliphatic heterocycles. The van der Waals surface area contributed by atoms with Gasteiger partial charge in [-0.05, 0) is 30.3 Å². The number of anilines is 1. The van der Waals surface area contributed by atoms with E-state index in [-0.39, 0.29) is 12.5 Å². The lowest BCUT2D eigenvalue weighted by atomic mass is 10.1. The molecule has 0 radical (unpaired) electrons. The minimum absolute atomic E-state index is 0.0384. The van der Waals surface area contributed by atoms with Crippen LogP contribution in [0.3, 0.4) is 0 Å². The van der Waals surface area contributed by atoms with E-state index in [0.29, 0.717) is 38.6 Å². The summed E-state index contributed by atoms with van der Waals surface area (Å²) >= 11 is 11.9. The van der Waals surface area contributed by atoms with Crippen LogP contribution >= 0.6 is 23.2 Å². The number of halogens is 2. The van der Waals surface area contributed by atoms with E-state index in [1.807, 2.05) is 0 Å². The number of carbonyl (C=O) groups excluding carboxylic acids is 1. The summed E-state index contributed by atoms with van der Waals surface area (Å²) in [6, 6.07) is 9.66. The minimum Gasteiger partial charge on any atom is -0.497 e. The maximum atomic E-state index is 12.6. The third kappa shape index (κ3) is 4.22. The maximum absolute atomic E-state index is 12.6. The molecule has 3 aromatic rings. The Morgan fingerprint density at radius 1 is 1.19 bits per heavy atom. The Morgan fingerprint density at radius 3 is 2.73 bits per heavy atom. The average molecular weight is 394 g/mol. The SMILES string of the molecule is COc1ccc(C(=O)Nc2ccc(Cl)c(Cl)c2)c(OCc2nn[nH]n2)c1. The van der Waals surface area contributed by atoms with Crippen LogP contribution in [0.1, 0.15) is 16.2 Å². The molecule has 0 fully saturated rings. The topological polar surface area (TPSA) is 102 Å². The number of H-pyrrole nitrogens is 1. The Morgan fingerprint density at radius 2 is 2.04 bits per heavy atom. The third-order valence-electron chi connectivity index (χ3n) is 3.36. The summed E-state index contributed by atoms with van der Waals surface area (Å²) in [5, 5.41) is 16.9. The number of aromatic amines is 1. The number of rotatable bonds is 6. The Labute approximate surface area is 158 Å². The minimum atomic E-state index is -0.380. The second kappa shape index (κ2) is 8.03. The number of methoxy groups -OCH3 is 1. The van der Waals surface area contributed by atoms with Gasteiger partial charge in [0.2, 0.25) is 5.82 Å². The van der Waals surface area contributed by atoms with Gasteiger partial charge in [-0.2, -0.15) is 5.21 Å². The monoisotopic (exact) mass is 393 g/mol. The first kappa shape index (κ1) is 18.0. The standard InChI is InChI=1S/C16H13Cl2N5O3/c1-25-10-3-4-11(14(7-10)26-8-15-20-22-23-21-15)16(24)19-9-2-5-12(17)13(18)6-9/h2-7H,8H2,1H3,(H,19,24)(H,20,21,22,23). The number of amides is 1. The molecule has 1 amide bonds. The van der Waals surface area contributed by atoms with Gasteiger partial charge < -0.3 is 14.8 Å². The fraction of sp³-hybridized carbons (Fsp3) is 0.125. The molecule has 26 heavy (non-hydrogen) atoms. The summed E-state index contributed by atoms with van der Waals surface area (Å²) in [5.41, 5.74) is 0.810. The number of hydrogen-bond donors (Lipinski definition) is 2. The van der Waals surface area contributed by atoms with Gasteiger partial charge in [-0.15, -0.1) is 10.2 Å². The van der Waals surface area contributed by atoms with Crippen LogP contribution in [0.4, 0.5) is 5.69 Å². The molecule has 3 rings (SSSR count). The maximum Gasteiger partial charge on any atom is 0.259 e. The first-order chi connectivity index (χ1) is 12.6. The highest BCUT2D eigenvalue weighted by Gasteiger charge is 2.15.